The minimum Gasteiger partial charge on any atom is -0.303 e. The quantitative estimate of drug-likeness (QED) is 0.846. The van der Waals surface area contributed by atoms with Crippen molar-refractivity contribution >= 4 is 0 Å². The molecule has 3 heteroatoms. The van der Waals surface area contributed by atoms with Gasteiger partial charge in [-0.3, -0.25) is 5.10 Å². The summed E-state index contributed by atoms with van der Waals surface area (Å²) in [4.78, 5) is 2.61. The van der Waals surface area contributed by atoms with Gasteiger partial charge in [0.1, 0.15) is 0 Å². The average molecular weight is 221 g/mol. The van der Waals surface area contributed by atoms with Crippen molar-refractivity contribution in [1.82, 2.24) is 15.1 Å². The van der Waals surface area contributed by atoms with Crippen LogP contribution in [-0.4, -0.2) is 34.7 Å². The maximum absolute atomic E-state index is 4.01. The molecule has 1 aliphatic rings. The lowest BCUT2D eigenvalue weighted by molar-refractivity contribution is 0.167. The van der Waals surface area contributed by atoms with Gasteiger partial charge in [-0.25, -0.2) is 0 Å². The van der Waals surface area contributed by atoms with Crippen LogP contribution in [0.2, 0.25) is 0 Å². The van der Waals surface area contributed by atoms with E-state index in [-0.39, 0.29) is 0 Å². The molecule has 0 spiro atoms. The van der Waals surface area contributed by atoms with Gasteiger partial charge in [0.2, 0.25) is 0 Å². The van der Waals surface area contributed by atoms with Crippen molar-refractivity contribution < 1.29 is 0 Å². The van der Waals surface area contributed by atoms with Crippen LogP contribution in [0.3, 0.4) is 0 Å². The number of likely N-dealkylation sites (tertiary alicyclic amines) is 1. The van der Waals surface area contributed by atoms with Crippen LogP contribution >= 0.6 is 0 Å². The van der Waals surface area contributed by atoms with Gasteiger partial charge in [-0.05, 0) is 49.8 Å². The first-order valence-corrected chi connectivity index (χ1v) is 6.44. The van der Waals surface area contributed by atoms with Crippen molar-refractivity contribution in [1.29, 1.82) is 0 Å². The van der Waals surface area contributed by atoms with Gasteiger partial charge in [0.25, 0.3) is 0 Å². The molecule has 1 saturated heterocycles. The molecule has 0 aliphatic carbocycles. The average Bonchev–Trinajstić information content (AvgIpc) is 2.73. The SMILES string of the molecule is CC(C)CN1CCC(Cc2cn[nH]c2)CC1. The third-order valence-corrected chi connectivity index (χ3v) is 3.41. The number of rotatable bonds is 4. The van der Waals surface area contributed by atoms with E-state index in [1.54, 1.807) is 0 Å². The highest BCUT2D eigenvalue weighted by Crippen LogP contribution is 2.21. The second-order valence-corrected chi connectivity index (χ2v) is 5.45. The third kappa shape index (κ3) is 3.34. The van der Waals surface area contributed by atoms with Crippen molar-refractivity contribution in [3.63, 3.8) is 0 Å². The molecule has 0 saturated carbocycles. The van der Waals surface area contributed by atoms with Gasteiger partial charge in [-0.15, -0.1) is 0 Å². The Morgan fingerprint density at radius 3 is 2.75 bits per heavy atom. The zero-order valence-corrected chi connectivity index (χ0v) is 10.4. The first kappa shape index (κ1) is 11.6. The lowest BCUT2D eigenvalue weighted by Crippen LogP contribution is -2.36. The number of nitrogens with one attached hydrogen (secondary N) is 1. The van der Waals surface area contributed by atoms with E-state index in [2.05, 4.69) is 28.9 Å². The molecule has 1 aromatic rings. The predicted molar refractivity (Wildman–Crippen MR) is 66.3 cm³/mol. The van der Waals surface area contributed by atoms with Gasteiger partial charge in [0.15, 0.2) is 0 Å². The minimum atomic E-state index is 0.797. The summed E-state index contributed by atoms with van der Waals surface area (Å²) in [5.41, 5.74) is 1.36. The van der Waals surface area contributed by atoms with E-state index >= 15 is 0 Å². The Balaban J connectivity index is 1.73. The molecule has 1 fully saturated rings. The molecule has 0 aromatic carbocycles. The normalized spacial score (nSPS) is 19.4. The van der Waals surface area contributed by atoms with Crippen molar-refractivity contribution in [2.45, 2.75) is 33.1 Å². The summed E-state index contributed by atoms with van der Waals surface area (Å²) in [6.45, 7) is 8.43. The van der Waals surface area contributed by atoms with Crippen LogP contribution in [0.15, 0.2) is 12.4 Å². The van der Waals surface area contributed by atoms with Crippen molar-refractivity contribution in [3.8, 4) is 0 Å². The smallest absolute Gasteiger partial charge is 0.0519 e. The second kappa shape index (κ2) is 5.48. The zero-order valence-electron chi connectivity index (χ0n) is 10.4. The summed E-state index contributed by atoms with van der Waals surface area (Å²) in [7, 11) is 0. The Kier molecular flexibility index (Phi) is 3.99. The van der Waals surface area contributed by atoms with Crippen molar-refractivity contribution in [3.05, 3.63) is 18.0 Å². The van der Waals surface area contributed by atoms with Gasteiger partial charge in [-0.2, -0.15) is 5.10 Å². The molecule has 16 heavy (non-hydrogen) atoms. The molecule has 0 atom stereocenters. The molecule has 0 radical (unpaired) electrons. The van der Waals surface area contributed by atoms with E-state index in [9.17, 15) is 0 Å². The first-order valence-electron chi connectivity index (χ1n) is 6.44. The Hall–Kier alpha value is -0.830. The van der Waals surface area contributed by atoms with Gasteiger partial charge in [0, 0.05) is 12.7 Å². The Labute approximate surface area is 98.2 Å². The molecular weight excluding hydrogens is 198 g/mol. The molecule has 1 aromatic heterocycles. The van der Waals surface area contributed by atoms with E-state index in [0.717, 1.165) is 11.8 Å². The molecule has 90 valence electrons. The highest BCUT2D eigenvalue weighted by atomic mass is 15.1. The number of nitrogens with zero attached hydrogens (tertiary/aromatic N) is 2. The highest BCUT2D eigenvalue weighted by molar-refractivity contribution is 5.03. The van der Waals surface area contributed by atoms with E-state index < -0.39 is 0 Å². The number of aromatic nitrogens is 2. The van der Waals surface area contributed by atoms with Crippen molar-refractivity contribution in [2.24, 2.45) is 11.8 Å². The lowest BCUT2D eigenvalue weighted by atomic mass is 9.91. The molecule has 2 heterocycles. The molecular formula is C13H23N3. The summed E-state index contributed by atoms with van der Waals surface area (Å²) in [6, 6.07) is 0. The Morgan fingerprint density at radius 1 is 1.44 bits per heavy atom. The fourth-order valence-electron chi connectivity index (χ4n) is 2.61. The van der Waals surface area contributed by atoms with Crippen LogP contribution in [0, 0.1) is 11.8 Å². The van der Waals surface area contributed by atoms with Gasteiger partial charge >= 0.3 is 0 Å². The predicted octanol–water partition coefficient (Wildman–Crippen LogP) is 2.32. The Morgan fingerprint density at radius 2 is 2.19 bits per heavy atom. The standard InChI is InChI=1S/C13H23N3/c1-11(2)10-16-5-3-12(4-6-16)7-13-8-14-15-9-13/h8-9,11-12H,3-7,10H2,1-2H3,(H,14,15). The molecule has 0 unspecified atom stereocenters. The largest absolute Gasteiger partial charge is 0.303 e. The van der Waals surface area contributed by atoms with E-state index in [1.165, 1.54) is 44.5 Å². The van der Waals surface area contributed by atoms with Crippen LogP contribution in [-0.2, 0) is 6.42 Å². The molecule has 1 N–H and O–H groups in total. The minimum absolute atomic E-state index is 0.797. The highest BCUT2D eigenvalue weighted by Gasteiger charge is 2.19. The van der Waals surface area contributed by atoms with E-state index in [0.29, 0.717) is 0 Å². The summed E-state index contributed by atoms with van der Waals surface area (Å²) in [5.74, 6) is 1.66. The maximum atomic E-state index is 4.01. The number of hydrogen-bond donors (Lipinski definition) is 1. The zero-order chi connectivity index (χ0) is 11.4. The molecule has 1 aliphatic heterocycles. The van der Waals surface area contributed by atoms with E-state index in [4.69, 9.17) is 0 Å². The summed E-state index contributed by atoms with van der Waals surface area (Å²) in [6.07, 6.45) is 7.88. The molecule has 3 nitrogen and oxygen atoms in total. The van der Waals surface area contributed by atoms with Crippen LogP contribution < -0.4 is 0 Å². The maximum Gasteiger partial charge on any atom is 0.0519 e. The third-order valence-electron chi connectivity index (χ3n) is 3.41. The monoisotopic (exact) mass is 221 g/mol. The van der Waals surface area contributed by atoms with E-state index in [1.807, 2.05) is 12.4 Å². The molecule has 0 bridgehead atoms. The van der Waals surface area contributed by atoms with Crippen LogP contribution in [0.1, 0.15) is 32.3 Å². The fraction of sp³-hybridized carbons (Fsp3) is 0.769. The number of piperidine rings is 1. The number of hydrogen-bond acceptors (Lipinski definition) is 2. The van der Waals surface area contributed by atoms with Crippen LogP contribution in [0.5, 0.6) is 0 Å². The molecule has 2 rings (SSSR count). The Bertz CT molecular complexity index is 284. The number of H-pyrrole nitrogens is 1. The van der Waals surface area contributed by atoms with Gasteiger partial charge in [0.05, 0.1) is 6.20 Å². The van der Waals surface area contributed by atoms with Crippen LogP contribution in [0.4, 0.5) is 0 Å². The van der Waals surface area contributed by atoms with Crippen molar-refractivity contribution in [2.75, 3.05) is 19.6 Å². The fourth-order valence-corrected chi connectivity index (χ4v) is 2.61. The van der Waals surface area contributed by atoms with Crippen LogP contribution in [0.25, 0.3) is 0 Å². The topological polar surface area (TPSA) is 31.9 Å². The summed E-state index contributed by atoms with van der Waals surface area (Å²) in [5, 5.41) is 6.90. The summed E-state index contributed by atoms with van der Waals surface area (Å²) < 4.78 is 0. The first-order chi connectivity index (χ1) is 7.74. The van der Waals surface area contributed by atoms with Gasteiger partial charge < -0.3 is 4.90 Å². The van der Waals surface area contributed by atoms with Gasteiger partial charge in [-0.1, -0.05) is 13.8 Å². The number of aromatic amines is 1. The lowest BCUT2D eigenvalue weighted by Gasteiger charge is -2.32. The second-order valence-electron chi connectivity index (χ2n) is 5.45. The molecule has 0 amide bonds. The summed E-state index contributed by atoms with van der Waals surface area (Å²) >= 11 is 0.